The standard InChI is InChI=1S/C8H20N2O2/c1-2-4-8(12)10-7(9)5-3-6-11/h7-8,10-12H,2-6,9H2,1H3. The highest BCUT2D eigenvalue weighted by molar-refractivity contribution is 4.61. The zero-order valence-corrected chi connectivity index (χ0v) is 7.66. The summed E-state index contributed by atoms with van der Waals surface area (Å²) in [5.41, 5.74) is 5.61. The largest absolute Gasteiger partial charge is 0.396 e. The molecule has 0 spiro atoms. The Kier molecular flexibility index (Phi) is 7.39. The van der Waals surface area contributed by atoms with Crippen LogP contribution in [0.2, 0.25) is 0 Å². The molecular weight excluding hydrogens is 156 g/mol. The molecule has 0 radical (unpaired) electrons. The average molecular weight is 176 g/mol. The number of hydrogen-bond donors (Lipinski definition) is 4. The van der Waals surface area contributed by atoms with Crippen LogP contribution in [-0.4, -0.2) is 29.2 Å². The Morgan fingerprint density at radius 2 is 2.08 bits per heavy atom. The highest BCUT2D eigenvalue weighted by Crippen LogP contribution is 1.96. The maximum absolute atomic E-state index is 9.27. The SMILES string of the molecule is CCCC(O)NC(N)CCCO. The van der Waals surface area contributed by atoms with Crippen LogP contribution in [0.25, 0.3) is 0 Å². The van der Waals surface area contributed by atoms with Gasteiger partial charge in [-0.25, -0.2) is 0 Å². The third-order valence-corrected chi connectivity index (χ3v) is 1.64. The molecule has 0 saturated carbocycles. The van der Waals surface area contributed by atoms with E-state index in [-0.39, 0.29) is 12.8 Å². The minimum absolute atomic E-state index is 0.152. The number of nitrogens with one attached hydrogen (secondary N) is 1. The highest BCUT2D eigenvalue weighted by Gasteiger charge is 2.06. The molecule has 74 valence electrons. The van der Waals surface area contributed by atoms with E-state index in [0.29, 0.717) is 19.3 Å². The van der Waals surface area contributed by atoms with Gasteiger partial charge in [-0.05, 0) is 19.3 Å². The Balaban J connectivity index is 3.33. The lowest BCUT2D eigenvalue weighted by atomic mass is 10.2. The second-order valence-electron chi connectivity index (χ2n) is 2.94. The van der Waals surface area contributed by atoms with E-state index in [1.54, 1.807) is 0 Å². The van der Waals surface area contributed by atoms with Gasteiger partial charge in [0.25, 0.3) is 0 Å². The van der Waals surface area contributed by atoms with Crippen LogP contribution in [0.4, 0.5) is 0 Å². The van der Waals surface area contributed by atoms with E-state index in [9.17, 15) is 5.11 Å². The van der Waals surface area contributed by atoms with Crippen molar-refractivity contribution < 1.29 is 10.2 Å². The number of aliphatic hydroxyl groups excluding tert-OH is 2. The van der Waals surface area contributed by atoms with Gasteiger partial charge in [0.05, 0.1) is 6.17 Å². The molecule has 0 rings (SSSR count). The van der Waals surface area contributed by atoms with Crippen molar-refractivity contribution in [3.8, 4) is 0 Å². The quantitative estimate of drug-likeness (QED) is 0.403. The minimum atomic E-state index is -0.510. The van der Waals surface area contributed by atoms with Gasteiger partial charge in [0, 0.05) is 6.61 Å². The van der Waals surface area contributed by atoms with Crippen LogP contribution in [0, 0.1) is 0 Å². The normalized spacial score (nSPS) is 16.0. The first-order valence-corrected chi connectivity index (χ1v) is 4.51. The monoisotopic (exact) mass is 176 g/mol. The van der Waals surface area contributed by atoms with E-state index in [0.717, 1.165) is 6.42 Å². The van der Waals surface area contributed by atoms with Crippen molar-refractivity contribution in [1.29, 1.82) is 0 Å². The summed E-state index contributed by atoms with van der Waals surface area (Å²) in [7, 11) is 0. The summed E-state index contributed by atoms with van der Waals surface area (Å²) in [6.07, 6.45) is 2.29. The fourth-order valence-corrected chi connectivity index (χ4v) is 0.998. The van der Waals surface area contributed by atoms with Crippen LogP contribution in [0.3, 0.4) is 0 Å². The highest BCUT2D eigenvalue weighted by atomic mass is 16.3. The van der Waals surface area contributed by atoms with E-state index < -0.39 is 6.23 Å². The molecule has 4 nitrogen and oxygen atoms in total. The first-order valence-electron chi connectivity index (χ1n) is 4.51. The molecule has 0 aliphatic carbocycles. The van der Waals surface area contributed by atoms with Crippen LogP contribution in [0.1, 0.15) is 32.6 Å². The molecule has 0 aliphatic heterocycles. The van der Waals surface area contributed by atoms with Gasteiger partial charge in [-0.2, -0.15) is 0 Å². The van der Waals surface area contributed by atoms with Crippen LogP contribution >= 0.6 is 0 Å². The van der Waals surface area contributed by atoms with Crippen molar-refractivity contribution in [1.82, 2.24) is 5.32 Å². The average Bonchev–Trinajstić information content (AvgIpc) is 2.01. The number of aliphatic hydroxyl groups is 2. The van der Waals surface area contributed by atoms with Crippen LogP contribution in [-0.2, 0) is 0 Å². The van der Waals surface area contributed by atoms with Gasteiger partial charge in [0.2, 0.25) is 0 Å². The molecule has 0 aromatic heterocycles. The van der Waals surface area contributed by atoms with Gasteiger partial charge in [-0.1, -0.05) is 13.3 Å². The molecule has 0 aromatic rings. The summed E-state index contributed by atoms with van der Waals surface area (Å²) in [5.74, 6) is 0. The molecule has 0 fully saturated rings. The summed E-state index contributed by atoms with van der Waals surface area (Å²) >= 11 is 0. The van der Waals surface area contributed by atoms with Crippen molar-refractivity contribution in [2.45, 2.75) is 45.0 Å². The predicted molar refractivity (Wildman–Crippen MR) is 48.3 cm³/mol. The maximum atomic E-state index is 9.27. The first kappa shape index (κ1) is 11.8. The molecule has 0 aliphatic rings. The molecule has 0 amide bonds. The molecule has 0 saturated heterocycles. The van der Waals surface area contributed by atoms with Crippen molar-refractivity contribution in [2.75, 3.05) is 6.61 Å². The Morgan fingerprint density at radius 3 is 2.58 bits per heavy atom. The van der Waals surface area contributed by atoms with Crippen molar-refractivity contribution >= 4 is 0 Å². The van der Waals surface area contributed by atoms with Crippen LogP contribution < -0.4 is 11.1 Å². The van der Waals surface area contributed by atoms with Gasteiger partial charge in [0.15, 0.2) is 0 Å². The molecule has 5 N–H and O–H groups in total. The molecule has 4 heteroatoms. The Morgan fingerprint density at radius 1 is 1.42 bits per heavy atom. The van der Waals surface area contributed by atoms with Gasteiger partial charge in [-0.15, -0.1) is 0 Å². The van der Waals surface area contributed by atoms with Crippen molar-refractivity contribution in [3.05, 3.63) is 0 Å². The van der Waals surface area contributed by atoms with Crippen molar-refractivity contribution in [2.24, 2.45) is 5.73 Å². The van der Waals surface area contributed by atoms with Crippen LogP contribution in [0.15, 0.2) is 0 Å². The summed E-state index contributed by atoms with van der Waals surface area (Å²) in [5, 5.41) is 20.6. The summed E-state index contributed by atoms with van der Waals surface area (Å²) in [6.45, 7) is 2.16. The van der Waals surface area contributed by atoms with Gasteiger partial charge in [-0.3, -0.25) is 5.32 Å². The van der Waals surface area contributed by atoms with Gasteiger partial charge in [0.1, 0.15) is 6.23 Å². The topological polar surface area (TPSA) is 78.5 Å². The lowest BCUT2D eigenvalue weighted by Crippen LogP contribution is -2.44. The summed E-state index contributed by atoms with van der Waals surface area (Å²) in [4.78, 5) is 0. The second kappa shape index (κ2) is 7.49. The molecular formula is C8H20N2O2. The number of rotatable bonds is 7. The number of nitrogens with two attached hydrogens (primary N) is 1. The lowest BCUT2D eigenvalue weighted by Gasteiger charge is -2.17. The zero-order chi connectivity index (χ0) is 9.40. The van der Waals surface area contributed by atoms with Crippen LogP contribution in [0.5, 0.6) is 0 Å². The summed E-state index contributed by atoms with van der Waals surface area (Å²) < 4.78 is 0. The fourth-order valence-electron chi connectivity index (χ4n) is 0.998. The Hall–Kier alpha value is -0.160. The molecule has 0 aromatic carbocycles. The lowest BCUT2D eigenvalue weighted by molar-refractivity contribution is 0.109. The number of hydrogen-bond acceptors (Lipinski definition) is 4. The molecule has 12 heavy (non-hydrogen) atoms. The van der Waals surface area contributed by atoms with E-state index in [1.165, 1.54) is 0 Å². The second-order valence-corrected chi connectivity index (χ2v) is 2.94. The molecule has 0 heterocycles. The fraction of sp³-hybridized carbons (Fsp3) is 1.00. The Labute approximate surface area is 73.8 Å². The van der Waals surface area contributed by atoms with E-state index >= 15 is 0 Å². The van der Waals surface area contributed by atoms with Gasteiger partial charge >= 0.3 is 0 Å². The first-order chi connectivity index (χ1) is 5.70. The molecule has 0 bridgehead atoms. The molecule has 2 unspecified atom stereocenters. The maximum Gasteiger partial charge on any atom is 0.106 e. The third-order valence-electron chi connectivity index (χ3n) is 1.64. The smallest absolute Gasteiger partial charge is 0.106 e. The molecule has 2 atom stereocenters. The third kappa shape index (κ3) is 6.54. The van der Waals surface area contributed by atoms with Crippen molar-refractivity contribution in [3.63, 3.8) is 0 Å². The van der Waals surface area contributed by atoms with E-state index in [2.05, 4.69) is 5.32 Å². The van der Waals surface area contributed by atoms with E-state index in [1.807, 2.05) is 6.92 Å². The van der Waals surface area contributed by atoms with E-state index in [4.69, 9.17) is 10.8 Å². The zero-order valence-electron chi connectivity index (χ0n) is 7.66. The predicted octanol–water partition coefficient (Wildman–Crippen LogP) is -0.248. The summed E-state index contributed by atoms with van der Waals surface area (Å²) in [6, 6.07) is 0. The minimum Gasteiger partial charge on any atom is -0.396 e. The van der Waals surface area contributed by atoms with Gasteiger partial charge < -0.3 is 15.9 Å². The Bertz CT molecular complexity index is 101.